The van der Waals surface area contributed by atoms with Gasteiger partial charge >= 0.3 is 0 Å². The van der Waals surface area contributed by atoms with Gasteiger partial charge in [0.2, 0.25) is 0 Å². The molecular weight excluding hydrogens is 314 g/mol. The van der Waals surface area contributed by atoms with Crippen LogP contribution in [0, 0.1) is 0 Å². The number of hydrogen-bond donors (Lipinski definition) is 1. The Labute approximate surface area is 142 Å². The minimum atomic E-state index is 0.901. The van der Waals surface area contributed by atoms with Crippen LogP contribution in [0.5, 0.6) is 0 Å². The molecule has 0 aliphatic rings. The second-order valence-corrected chi connectivity index (χ2v) is 6.64. The summed E-state index contributed by atoms with van der Waals surface area (Å²) < 4.78 is 0. The molecule has 0 bridgehead atoms. The first kappa shape index (κ1) is 13.6. The highest BCUT2D eigenvalue weighted by Crippen LogP contribution is 2.37. The highest BCUT2D eigenvalue weighted by atomic mass is 32.2. The molecule has 0 unspecified atom stereocenters. The number of aromatic amines is 1. The molecule has 0 amide bonds. The first-order chi connectivity index (χ1) is 11.9. The number of benzene rings is 3. The Kier molecular flexibility index (Phi) is 3.03. The van der Waals surface area contributed by atoms with Crippen molar-refractivity contribution < 1.29 is 0 Å². The van der Waals surface area contributed by atoms with E-state index < -0.39 is 0 Å². The summed E-state index contributed by atoms with van der Waals surface area (Å²) in [5, 5.41) is 3.21. The highest BCUT2D eigenvalue weighted by Gasteiger charge is 2.12. The molecule has 5 aromatic rings. The standard InChI is InChI=1S/C20H13N3S/c1-3-9-15-13(7-1)19(14-8-2-4-10-16(14)21-15)24-20-22-17-11-5-6-12-18(17)23-20/h1-12H,(H,22,23). The average molecular weight is 327 g/mol. The number of pyridine rings is 1. The maximum absolute atomic E-state index is 4.78. The van der Waals surface area contributed by atoms with Crippen LogP contribution in [0.4, 0.5) is 0 Å². The van der Waals surface area contributed by atoms with Gasteiger partial charge in [0.25, 0.3) is 0 Å². The Morgan fingerprint density at radius 3 is 1.88 bits per heavy atom. The molecule has 1 N–H and O–H groups in total. The minimum Gasteiger partial charge on any atom is -0.333 e. The van der Waals surface area contributed by atoms with Crippen LogP contribution in [0.25, 0.3) is 32.8 Å². The van der Waals surface area contributed by atoms with Crippen molar-refractivity contribution in [2.24, 2.45) is 0 Å². The monoisotopic (exact) mass is 327 g/mol. The van der Waals surface area contributed by atoms with Gasteiger partial charge in [-0.2, -0.15) is 0 Å². The molecule has 0 aliphatic heterocycles. The van der Waals surface area contributed by atoms with E-state index in [1.165, 1.54) is 4.90 Å². The van der Waals surface area contributed by atoms with Crippen molar-refractivity contribution in [3.8, 4) is 0 Å². The molecule has 0 atom stereocenters. The lowest BCUT2D eigenvalue weighted by molar-refractivity contribution is 1.08. The number of fused-ring (bicyclic) bond motifs is 3. The largest absolute Gasteiger partial charge is 0.333 e. The van der Waals surface area contributed by atoms with Gasteiger partial charge in [-0.3, -0.25) is 0 Å². The van der Waals surface area contributed by atoms with E-state index in [-0.39, 0.29) is 0 Å². The van der Waals surface area contributed by atoms with Crippen LogP contribution in [0.3, 0.4) is 0 Å². The van der Waals surface area contributed by atoms with Gasteiger partial charge in [-0.05, 0) is 24.3 Å². The zero-order valence-electron chi connectivity index (χ0n) is 12.7. The fourth-order valence-electron chi connectivity index (χ4n) is 2.99. The molecule has 4 heteroatoms. The summed E-state index contributed by atoms with van der Waals surface area (Å²) >= 11 is 1.67. The number of hydrogen-bond acceptors (Lipinski definition) is 3. The van der Waals surface area contributed by atoms with Gasteiger partial charge in [0.15, 0.2) is 5.16 Å². The Bertz CT molecular complexity index is 1110. The van der Waals surface area contributed by atoms with Crippen molar-refractivity contribution in [1.82, 2.24) is 15.0 Å². The first-order valence-electron chi connectivity index (χ1n) is 7.78. The molecule has 0 saturated carbocycles. The normalized spacial score (nSPS) is 11.5. The third-order valence-corrected chi connectivity index (χ3v) is 5.14. The topological polar surface area (TPSA) is 41.6 Å². The smallest absolute Gasteiger partial charge is 0.171 e. The van der Waals surface area contributed by atoms with E-state index in [0.717, 1.165) is 38.0 Å². The van der Waals surface area contributed by atoms with Crippen LogP contribution in [-0.4, -0.2) is 15.0 Å². The van der Waals surface area contributed by atoms with Gasteiger partial charge in [-0.1, -0.05) is 60.3 Å². The molecule has 0 aliphatic carbocycles. The number of nitrogens with zero attached hydrogens (tertiary/aromatic N) is 2. The lowest BCUT2D eigenvalue weighted by atomic mass is 10.1. The molecular formula is C20H13N3S. The molecule has 3 aromatic carbocycles. The molecule has 5 rings (SSSR count). The predicted molar refractivity (Wildman–Crippen MR) is 99.5 cm³/mol. The summed E-state index contributed by atoms with van der Waals surface area (Å²) in [6.45, 7) is 0. The zero-order valence-corrected chi connectivity index (χ0v) is 13.5. The van der Waals surface area contributed by atoms with E-state index in [2.05, 4.69) is 47.4 Å². The van der Waals surface area contributed by atoms with Crippen LogP contribution in [-0.2, 0) is 0 Å². The molecule has 0 saturated heterocycles. The van der Waals surface area contributed by atoms with Gasteiger partial charge in [-0.15, -0.1) is 0 Å². The van der Waals surface area contributed by atoms with Gasteiger partial charge in [-0.25, -0.2) is 9.97 Å². The van der Waals surface area contributed by atoms with Gasteiger partial charge in [0.1, 0.15) is 0 Å². The van der Waals surface area contributed by atoms with Crippen LogP contribution in [0.15, 0.2) is 82.8 Å². The van der Waals surface area contributed by atoms with Crippen molar-refractivity contribution in [1.29, 1.82) is 0 Å². The van der Waals surface area contributed by atoms with Crippen molar-refractivity contribution in [2.45, 2.75) is 10.1 Å². The zero-order chi connectivity index (χ0) is 15.9. The van der Waals surface area contributed by atoms with Crippen molar-refractivity contribution >= 4 is 44.6 Å². The van der Waals surface area contributed by atoms with E-state index in [1.54, 1.807) is 11.8 Å². The van der Waals surface area contributed by atoms with Gasteiger partial charge in [0.05, 0.1) is 22.1 Å². The van der Waals surface area contributed by atoms with E-state index in [1.807, 2.05) is 30.3 Å². The lowest BCUT2D eigenvalue weighted by Crippen LogP contribution is -1.87. The number of aromatic nitrogens is 3. The third kappa shape index (κ3) is 2.15. The molecule has 3 nitrogen and oxygen atoms in total. The number of para-hydroxylation sites is 4. The number of rotatable bonds is 2. The molecule has 2 heterocycles. The Balaban J connectivity index is 1.76. The second kappa shape index (κ2) is 5.35. The van der Waals surface area contributed by atoms with Crippen LogP contribution in [0.2, 0.25) is 0 Å². The molecule has 114 valence electrons. The summed E-state index contributed by atoms with van der Waals surface area (Å²) in [5.74, 6) is 0. The van der Waals surface area contributed by atoms with Gasteiger partial charge in [0, 0.05) is 15.7 Å². The van der Waals surface area contributed by atoms with Crippen molar-refractivity contribution in [3.05, 3.63) is 72.8 Å². The fourth-order valence-corrected chi connectivity index (χ4v) is 4.05. The molecule has 0 fully saturated rings. The SMILES string of the molecule is c1ccc2[nH]c(Sc3c4ccccc4nc4ccccc34)nc2c1. The first-order valence-corrected chi connectivity index (χ1v) is 8.60. The Morgan fingerprint density at radius 2 is 1.21 bits per heavy atom. The van der Waals surface area contributed by atoms with Crippen LogP contribution in [0.1, 0.15) is 0 Å². The van der Waals surface area contributed by atoms with Gasteiger partial charge < -0.3 is 4.98 Å². The molecule has 0 spiro atoms. The summed E-state index contributed by atoms with van der Waals surface area (Å²) in [5.41, 5.74) is 4.06. The lowest BCUT2D eigenvalue weighted by Gasteiger charge is -2.08. The maximum Gasteiger partial charge on any atom is 0.171 e. The average Bonchev–Trinajstić information content (AvgIpc) is 3.04. The van der Waals surface area contributed by atoms with Crippen molar-refractivity contribution in [2.75, 3.05) is 0 Å². The van der Waals surface area contributed by atoms with E-state index >= 15 is 0 Å². The fraction of sp³-hybridized carbons (Fsp3) is 0. The number of nitrogens with one attached hydrogen (secondary N) is 1. The quantitative estimate of drug-likeness (QED) is 0.440. The van der Waals surface area contributed by atoms with Crippen molar-refractivity contribution in [3.63, 3.8) is 0 Å². The minimum absolute atomic E-state index is 0.901. The number of imidazole rings is 1. The van der Waals surface area contributed by atoms with Crippen LogP contribution < -0.4 is 0 Å². The maximum atomic E-state index is 4.78. The molecule has 0 radical (unpaired) electrons. The van der Waals surface area contributed by atoms with E-state index in [9.17, 15) is 0 Å². The Morgan fingerprint density at radius 1 is 0.625 bits per heavy atom. The van der Waals surface area contributed by atoms with E-state index in [0.29, 0.717) is 0 Å². The highest BCUT2D eigenvalue weighted by molar-refractivity contribution is 7.99. The number of H-pyrrole nitrogens is 1. The van der Waals surface area contributed by atoms with Crippen LogP contribution >= 0.6 is 11.8 Å². The molecule has 24 heavy (non-hydrogen) atoms. The molecule has 2 aromatic heterocycles. The second-order valence-electron chi connectivity index (χ2n) is 5.64. The van der Waals surface area contributed by atoms with E-state index in [4.69, 9.17) is 9.97 Å². The predicted octanol–water partition coefficient (Wildman–Crippen LogP) is 5.42. The summed E-state index contributed by atoms with van der Waals surface area (Å²) in [6.07, 6.45) is 0. The summed E-state index contributed by atoms with van der Waals surface area (Å²) in [4.78, 5) is 14.1. The Hall–Kier alpha value is -2.85. The summed E-state index contributed by atoms with van der Waals surface area (Å²) in [6, 6.07) is 24.6. The summed E-state index contributed by atoms with van der Waals surface area (Å²) in [7, 11) is 0. The third-order valence-electron chi connectivity index (χ3n) is 4.10.